The van der Waals surface area contributed by atoms with Crippen LogP contribution in [0, 0.1) is 12.7 Å². The molecule has 6 nitrogen and oxygen atoms in total. The van der Waals surface area contributed by atoms with Crippen LogP contribution >= 0.6 is 11.3 Å². The van der Waals surface area contributed by atoms with Crippen molar-refractivity contribution in [1.82, 2.24) is 15.2 Å². The third kappa shape index (κ3) is 4.52. The molecule has 1 amide bonds. The van der Waals surface area contributed by atoms with Crippen LogP contribution in [0.3, 0.4) is 0 Å². The number of hydrogen-bond donors (Lipinski definition) is 2. The van der Waals surface area contributed by atoms with Crippen molar-refractivity contribution in [3.05, 3.63) is 69.3 Å². The van der Waals surface area contributed by atoms with Crippen molar-refractivity contribution in [2.24, 2.45) is 5.10 Å². The molecular formula is C21H17F6N5OS. The fraction of sp³-hybridized carbons (Fsp3) is 0.286. The Morgan fingerprint density at radius 3 is 2.56 bits per heavy atom. The summed E-state index contributed by atoms with van der Waals surface area (Å²) in [6.07, 6.45) is -5.17. The number of aryl methyl sites for hydroxylation is 1. The molecule has 0 aliphatic carbocycles. The van der Waals surface area contributed by atoms with Crippen LogP contribution in [0.1, 0.15) is 45.0 Å². The summed E-state index contributed by atoms with van der Waals surface area (Å²) in [4.78, 5) is 13.2. The zero-order valence-electron chi connectivity index (χ0n) is 17.4. The fourth-order valence-corrected chi connectivity index (χ4v) is 4.33. The molecule has 1 aliphatic heterocycles. The number of thiophene rings is 1. The van der Waals surface area contributed by atoms with Gasteiger partial charge >= 0.3 is 12.1 Å². The van der Waals surface area contributed by atoms with Crippen LogP contribution < -0.4 is 10.7 Å². The Bertz CT molecular complexity index is 1220. The van der Waals surface area contributed by atoms with E-state index < -0.39 is 48.0 Å². The Morgan fingerprint density at radius 1 is 1.24 bits per heavy atom. The van der Waals surface area contributed by atoms with E-state index in [1.165, 1.54) is 29.7 Å². The fourth-order valence-electron chi connectivity index (χ4n) is 3.54. The van der Waals surface area contributed by atoms with Gasteiger partial charge < -0.3 is 5.32 Å². The third-order valence-corrected chi connectivity index (χ3v) is 6.32. The number of fused-ring (bicyclic) bond motifs is 1. The van der Waals surface area contributed by atoms with E-state index in [0.29, 0.717) is 10.2 Å². The molecule has 2 atom stereocenters. The zero-order valence-corrected chi connectivity index (χ0v) is 18.2. The molecule has 0 spiro atoms. The summed E-state index contributed by atoms with van der Waals surface area (Å²) < 4.78 is 82.4. The molecule has 4 rings (SSSR count). The van der Waals surface area contributed by atoms with Gasteiger partial charge in [-0.2, -0.15) is 32.2 Å². The zero-order chi connectivity index (χ0) is 24.7. The topological polar surface area (TPSA) is 71.3 Å². The van der Waals surface area contributed by atoms with Crippen molar-refractivity contribution in [2.45, 2.75) is 37.5 Å². The molecule has 2 aromatic heterocycles. The number of nitrogens with one attached hydrogen (secondary N) is 2. The van der Waals surface area contributed by atoms with Gasteiger partial charge in [-0.3, -0.25) is 4.79 Å². The number of carbonyl (C=O) groups excluding carboxylic acids is 1. The van der Waals surface area contributed by atoms with Crippen molar-refractivity contribution in [3.63, 3.8) is 0 Å². The van der Waals surface area contributed by atoms with Crippen LogP contribution in [0.4, 0.5) is 32.2 Å². The maximum atomic E-state index is 14.5. The molecule has 0 radical (unpaired) electrons. The number of amides is 1. The number of aromatic nitrogens is 2. The van der Waals surface area contributed by atoms with Crippen LogP contribution in [-0.2, 0) is 0 Å². The summed E-state index contributed by atoms with van der Waals surface area (Å²) in [7, 11) is 0. The maximum Gasteiger partial charge on any atom is 0.455 e. The number of hydrogen-bond acceptors (Lipinski definition) is 5. The van der Waals surface area contributed by atoms with Gasteiger partial charge in [0, 0.05) is 17.4 Å². The Kier molecular flexibility index (Phi) is 6.14. The monoisotopic (exact) mass is 501 g/mol. The van der Waals surface area contributed by atoms with E-state index in [2.05, 4.69) is 20.9 Å². The second-order valence-electron chi connectivity index (χ2n) is 7.65. The number of anilines is 1. The smallest absolute Gasteiger partial charge is 0.363 e. The van der Waals surface area contributed by atoms with Crippen LogP contribution in [0.15, 0.2) is 46.9 Å². The molecule has 0 bridgehead atoms. The first-order valence-corrected chi connectivity index (χ1v) is 10.8. The Hall–Kier alpha value is -3.35. The van der Waals surface area contributed by atoms with Gasteiger partial charge in [0.05, 0.1) is 12.3 Å². The number of halogens is 6. The predicted molar refractivity (Wildman–Crippen MR) is 114 cm³/mol. The van der Waals surface area contributed by atoms with Crippen molar-refractivity contribution >= 4 is 29.3 Å². The number of alkyl halides is 5. The maximum absolute atomic E-state index is 14.5. The lowest BCUT2D eigenvalue weighted by Crippen LogP contribution is -2.47. The first kappa shape index (κ1) is 23.8. The first-order valence-electron chi connectivity index (χ1n) is 9.91. The van der Waals surface area contributed by atoms with E-state index >= 15 is 0 Å². The largest absolute Gasteiger partial charge is 0.455 e. The highest BCUT2D eigenvalue weighted by atomic mass is 32.1. The molecule has 3 aromatic rings. The highest BCUT2D eigenvalue weighted by Crippen LogP contribution is 2.50. The van der Waals surface area contributed by atoms with Gasteiger partial charge in [0.1, 0.15) is 17.7 Å². The minimum absolute atomic E-state index is 0.210. The molecule has 180 valence electrons. The summed E-state index contributed by atoms with van der Waals surface area (Å²) in [6.45, 7) is 1.84. The van der Waals surface area contributed by atoms with Gasteiger partial charge in [0.15, 0.2) is 5.69 Å². The van der Waals surface area contributed by atoms with Crippen molar-refractivity contribution in [3.8, 4) is 0 Å². The van der Waals surface area contributed by atoms with E-state index in [1.54, 1.807) is 0 Å². The lowest BCUT2D eigenvalue weighted by molar-refractivity contribution is -0.301. The number of rotatable bonds is 5. The second-order valence-corrected chi connectivity index (χ2v) is 8.59. The Morgan fingerprint density at radius 2 is 1.94 bits per heavy atom. The van der Waals surface area contributed by atoms with Gasteiger partial charge in [-0.1, -0.05) is 12.1 Å². The Labute approximate surface area is 193 Å². The van der Waals surface area contributed by atoms with E-state index in [0.717, 1.165) is 28.6 Å². The van der Waals surface area contributed by atoms with E-state index in [4.69, 9.17) is 0 Å². The standard InChI is InChI=1S/C21H17F6N5OS/c1-11-6-7-34-16(11)10-28-30-19(33)15-9-18-29-14(12-2-4-13(22)5-3-12)8-17(32(18)31-15)20(23,24)21(25,26)27/h2-7,9-10,14,17,29H,8H2,1H3,(H,30,33)/b28-10-/t14-,17-/m1/s1. The molecule has 1 aromatic carbocycles. The average Bonchev–Trinajstić information content (AvgIpc) is 3.38. The number of hydrazone groups is 1. The highest BCUT2D eigenvalue weighted by Gasteiger charge is 2.64. The Balaban J connectivity index is 1.64. The van der Waals surface area contributed by atoms with Crippen LogP contribution in [0.5, 0.6) is 0 Å². The molecule has 3 heterocycles. The van der Waals surface area contributed by atoms with Gasteiger partial charge in [-0.05, 0) is 41.6 Å². The molecule has 0 unspecified atom stereocenters. The summed E-state index contributed by atoms with van der Waals surface area (Å²) in [6, 6.07) is 4.21. The third-order valence-electron chi connectivity index (χ3n) is 5.36. The molecule has 1 aliphatic rings. The lowest BCUT2D eigenvalue weighted by atomic mass is 9.93. The summed E-state index contributed by atoms with van der Waals surface area (Å²) in [5.41, 5.74) is 3.02. The van der Waals surface area contributed by atoms with E-state index in [-0.39, 0.29) is 5.82 Å². The average molecular weight is 501 g/mol. The van der Waals surface area contributed by atoms with Crippen molar-refractivity contribution in [2.75, 3.05) is 5.32 Å². The molecule has 0 saturated heterocycles. The molecule has 34 heavy (non-hydrogen) atoms. The highest BCUT2D eigenvalue weighted by molar-refractivity contribution is 7.11. The quantitative estimate of drug-likeness (QED) is 0.278. The van der Waals surface area contributed by atoms with E-state index in [1.807, 2.05) is 18.4 Å². The summed E-state index contributed by atoms with van der Waals surface area (Å²) in [5, 5.41) is 12.1. The SMILES string of the molecule is Cc1ccsc1/C=N\NC(=O)c1cc2n(n1)[C@@H](C(F)(F)C(F)(F)F)C[C@H](c1ccc(F)cc1)N2. The lowest BCUT2D eigenvalue weighted by Gasteiger charge is -2.37. The van der Waals surface area contributed by atoms with Gasteiger partial charge in [-0.15, -0.1) is 11.3 Å². The minimum Gasteiger partial charge on any atom is -0.363 e. The molecular weight excluding hydrogens is 484 g/mol. The number of benzene rings is 1. The van der Waals surface area contributed by atoms with Crippen molar-refractivity contribution in [1.29, 1.82) is 0 Å². The van der Waals surface area contributed by atoms with Crippen LogP contribution in [-0.4, -0.2) is 34.0 Å². The second kappa shape index (κ2) is 8.78. The number of nitrogens with zero attached hydrogens (tertiary/aromatic N) is 3. The van der Waals surface area contributed by atoms with Crippen molar-refractivity contribution < 1.29 is 31.1 Å². The first-order chi connectivity index (χ1) is 16.0. The normalized spacial score (nSPS) is 18.6. The molecule has 13 heteroatoms. The predicted octanol–water partition coefficient (Wildman–Crippen LogP) is 5.45. The summed E-state index contributed by atoms with van der Waals surface area (Å²) in [5.74, 6) is -6.82. The summed E-state index contributed by atoms with van der Waals surface area (Å²) >= 11 is 1.38. The number of carbonyl (C=O) groups is 1. The van der Waals surface area contributed by atoms with Crippen LogP contribution in [0.2, 0.25) is 0 Å². The van der Waals surface area contributed by atoms with E-state index in [9.17, 15) is 31.1 Å². The molecule has 2 N–H and O–H groups in total. The van der Waals surface area contributed by atoms with Gasteiger partial charge in [-0.25, -0.2) is 14.5 Å². The van der Waals surface area contributed by atoms with Gasteiger partial charge in [0.25, 0.3) is 5.91 Å². The van der Waals surface area contributed by atoms with Crippen LogP contribution in [0.25, 0.3) is 0 Å². The molecule has 0 saturated carbocycles. The minimum atomic E-state index is -5.85. The molecule has 0 fully saturated rings. The van der Waals surface area contributed by atoms with Gasteiger partial charge in [0.2, 0.25) is 0 Å².